The van der Waals surface area contributed by atoms with Gasteiger partial charge in [0, 0.05) is 5.02 Å². The molecule has 0 unspecified atom stereocenters. The van der Waals surface area contributed by atoms with Gasteiger partial charge in [0.25, 0.3) is 5.56 Å². The van der Waals surface area contributed by atoms with E-state index in [0.717, 1.165) is 21.9 Å². The van der Waals surface area contributed by atoms with Gasteiger partial charge in [-0.05, 0) is 46.7 Å². The molecule has 0 aliphatic rings. The second-order valence-corrected chi connectivity index (χ2v) is 7.77. The van der Waals surface area contributed by atoms with Gasteiger partial charge < -0.3 is 4.74 Å². The summed E-state index contributed by atoms with van der Waals surface area (Å²) in [4.78, 5) is 18.5. The van der Waals surface area contributed by atoms with E-state index in [1.165, 1.54) is 0 Å². The summed E-state index contributed by atoms with van der Waals surface area (Å²) in [5, 5.41) is 3.27. The van der Waals surface area contributed by atoms with Gasteiger partial charge in [0.2, 0.25) is 0 Å². The molecule has 1 aromatic heterocycles. The summed E-state index contributed by atoms with van der Waals surface area (Å²) in [7, 11) is 1.64. The molecule has 0 fully saturated rings. The van der Waals surface area contributed by atoms with Crippen LogP contribution in [0.5, 0.6) is 5.75 Å². The highest BCUT2D eigenvalue weighted by molar-refractivity contribution is 6.30. The molecule has 0 N–H and O–H groups in total. The Morgan fingerprint density at radius 2 is 1.58 bits per heavy atom. The van der Waals surface area contributed by atoms with E-state index in [2.05, 4.69) is 0 Å². The van der Waals surface area contributed by atoms with E-state index in [4.69, 9.17) is 21.3 Å². The maximum atomic E-state index is 13.6. The fraction of sp³-hybridized carbons (Fsp3) is 0.0769. The smallest absolute Gasteiger partial charge is 0.261 e. The van der Waals surface area contributed by atoms with E-state index in [1.54, 1.807) is 11.7 Å². The zero-order chi connectivity index (χ0) is 21.4. The Morgan fingerprint density at radius 3 is 2.35 bits per heavy atom. The van der Waals surface area contributed by atoms with Gasteiger partial charge in [-0.25, -0.2) is 4.98 Å². The van der Waals surface area contributed by atoms with E-state index in [0.29, 0.717) is 34.0 Å². The molecule has 4 aromatic carbocycles. The van der Waals surface area contributed by atoms with Crippen LogP contribution in [0, 0.1) is 0 Å². The van der Waals surface area contributed by atoms with Crippen LogP contribution in [0.2, 0.25) is 5.02 Å². The number of hydrogen-bond acceptors (Lipinski definition) is 3. The van der Waals surface area contributed by atoms with Crippen LogP contribution in [0.1, 0.15) is 5.56 Å². The van der Waals surface area contributed by atoms with Gasteiger partial charge in [0.15, 0.2) is 0 Å². The number of aromatic nitrogens is 2. The third-order valence-corrected chi connectivity index (χ3v) is 5.70. The molecule has 0 aliphatic heterocycles. The first-order valence-electron chi connectivity index (χ1n) is 9.96. The number of fused-ring (bicyclic) bond motifs is 2. The van der Waals surface area contributed by atoms with Gasteiger partial charge >= 0.3 is 0 Å². The molecule has 5 aromatic rings. The number of halogens is 1. The molecular formula is C26H19ClN2O2. The van der Waals surface area contributed by atoms with Crippen molar-refractivity contribution in [1.29, 1.82) is 0 Å². The van der Waals surface area contributed by atoms with Crippen molar-refractivity contribution in [3.8, 4) is 17.1 Å². The number of para-hydroxylation sites is 1. The maximum absolute atomic E-state index is 13.6. The third kappa shape index (κ3) is 3.45. The molecule has 0 aliphatic carbocycles. The van der Waals surface area contributed by atoms with Crippen molar-refractivity contribution < 1.29 is 4.74 Å². The highest BCUT2D eigenvalue weighted by Gasteiger charge is 2.19. The van der Waals surface area contributed by atoms with E-state index >= 15 is 0 Å². The fourth-order valence-electron chi connectivity index (χ4n) is 3.93. The Kier molecular flexibility index (Phi) is 4.92. The lowest BCUT2D eigenvalue weighted by molar-refractivity contribution is 0.416. The second kappa shape index (κ2) is 7.89. The summed E-state index contributed by atoms with van der Waals surface area (Å²) in [5.41, 5.74) is 2.33. The van der Waals surface area contributed by atoms with E-state index < -0.39 is 0 Å². The molecule has 0 saturated heterocycles. The van der Waals surface area contributed by atoms with Crippen LogP contribution in [-0.2, 0) is 6.54 Å². The molecule has 4 nitrogen and oxygen atoms in total. The number of hydrogen-bond donors (Lipinski definition) is 0. The van der Waals surface area contributed by atoms with Gasteiger partial charge in [-0.3, -0.25) is 9.36 Å². The molecule has 0 radical (unpaired) electrons. The predicted molar refractivity (Wildman–Crippen MR) is 126 cm³/mol. The summed E-state index contributed by atoms with van der Waals surface area (Å²) >= 11 is 6.06. The first-order valence-corrected chi connectivity index (χ1v) is 10.3. The quantitative estimate of drug-likeness (QED) is 0.358. The molecule has 0 spiro atoms. The minimum Gasteiger partial charge on any atom is -0.496 e. The minimum atomic E-state index is -0.0921. The lowest BCUT2D eigenvalue weighted by Gasteiger charge is -2.18. The first kappa shape index (κ1) is 19.3. The van der Waals surface area contributed by atoms with Gasteiger partial charge in [-0.15, -0.1) is 0 Å². The van der Waals surface area contributed by atoms with Gasteiger partial charge in [-0.1, -0.05) is 66.2 Å². The molecule has 152 valence electrons. The van der Waals surface area contributed by atoms with Crippen molar-refractivity contribution in [1.82, 2.24) is 9.55 Å². The minimum absolute atomic E-state index is 0.0921. The highest BCUT2D eigenvalue weighted by Crippen LogP contribution is 2.36. The lowest BCUT2D eigenvalue weighted by atomic mass is 10.0. The third-order valence-electron chi connectivity index (χ3n) is 5.45. The number of nitrogens with zero attached hydrogens (tertiary/aromatic N) is 2. The number of methoxy groups -OCH3 is 1. The van der Waals surface area contributed by atoms with Gasteiger partial charge in [-0.2, -0.15) is 0 Å². The monoisotopic (exact) mass is 426 g/mol. The summed E-state index contributed by atoms with van der Waals surface area (Å²) < 4.78 is 7.43. The second-order valence-electron chi connectivity index (χ2n) is 7.33. The van der Waals surface area contributed by atoms with Gasteiger partial charge in [0.05, 0.1) is 30.1 Å². The van der Waals surface area contributed by atoms with Crippen molar-refractivity contribution in [3.05, 3.63) is 106 Å². The fourth-order valence-corrected chi connectivity index (χ4v) is 4.06. The Morgan fingerprint density at radius 1 is 0.871 bits per heavy atom. The molecule has 0 amide bonds. The van der Waals surface area contributed by atoms with Crippen LogP contribution in [0.25, 0.3) is 33.1 Å². The van der Waals surface area contributed by atoms with Crippen LogP contribution in [-0.4, -0.2) is 16.7 Å². The van der Waals surface area contributed by atoms with Gasteiger partial charge in [0.1, 0.15) is 11.6 Å². The normalized spacial score (nSPS) is 11.2. The van der Waals surface area contributed by atoms with E-state index in [-0.39, 0.29) is 5.56 Å². The molecule has 1 heterocycles. The average Bonchev–Trinajstić information content (AvgIpc) is 2.81. The summed E-state index contributed by atoms with van der Waals surface area (Å²) in [6.45, 7) is 0.371. The first-order chi connectivity index (χ1) is 15.2. The maximum Gasteiger partial charge on any atom is 0.261 e. The largest absolute Gasteiger partial charge is 0.496 e. The van der Waals surface area contributed by atoms with Crippen LogP contribution in [0.4, 0.5) is 0 Å². The molecule has 5 heteroatoms. The van der Waals surface area contributed by atoms with Crippen LogP contribution >= 0.6 is 11.6 Å². The highest BCUT2D eigenvalue weighted by atomic mass is 35.5. The molecule has 0 saturated carbocycles. The predicted octanol–water partition coefficient (Wildman–Crippen LogP) is 5.93. The van der Waals surface area contributed by atoms with E-state index in [9.17, 15) is 4.79 Å². The number of benzene rings is 4. The Balaban J connectivity index is 1.86. The van der Waals surface area contributed by atoms with Crippen LogP contribution in [0.3, 0.4) is 0 Å². The molecule has 0 bridgehead atoms. The standard InChI is InChI=1S/C26H19ClN2O2/c1-31-23-15-12-18-6-2-3-7-20(18)24(23)25-28-22-9-5-4-8-21(22)26(30)29(25)16-17-10-13-19(27)14-11-17/h2-15H,16H2,1H3. The Bertz CT molecular complexity index is 1470. The molecular weight excluding hydrogens is 408 g/mol. The Labute approximate surface area is 184 Å². The van der Waals surface area contributed by atoms with Crippen molar-refractivity contribution in [2.45, 2.75) is 6.54 Å². The lowest BCUT2D eigenvalue weighted by Crippen LogP contribution is -2.24. The summed E-state index contributed by atoms with van der Waals surface area (Å²) in [6, 6.07) is 26.9. The zero-order valence-electron chi connectivity index (χ0n) is 16.9. The Hall–Kier alpha value is -3.63. The molecule has 31 heavy (non-hydrogen) atoms. The number of ether oxygens (including phenoxy) is 1. The number of rotatable bonds is 4. The topological polar surface area (TPSA) is 44.1 Å². The van der Waals surface area contributed by atoms with Crippen LogP contribution < -0.4 is 10.3 Å². The van der Waals surface area contributed by atoms with E-state index in [1.807, 2.05) is 84.9 Å². The SMILES string of the molecule is COc1ccc2ccccc2c1-c1nc2ccccc2c(=O)n1Cc1ccc(Cl)cc1. The zero-order valence-corrected chi connectivity index (χ0v) is 17.6. The molecule has 0 atom stereocenters. The van der Waals surface area contributed by atoms with Crippen LogP contribution in [0.15, 0.2) is 89.7 Å². The van der Waals surface area contributed by atoms with Crippen molar-refractivity contribution in [2.24, 2.45) is 0 Å². The van der Waals surface area contributed by atoms with Crippen molar-refractivity contribution in [3.63, 3.8) is 0 Å². The van der Waals surface area contributed by atoms with Crippen molar-refractivity contribution >= 4 is 33.3 Å². The average molecular weight is 427 g/mol. The summed E-state index contributed by atoms with van der Waals surface area (Å²) in [5.74, 6) is 1.25. The van der Waals surface area contributed by atoms with Crippen molar-refractivity contribution in [2.75, 3.05) is 7.11 Å². The summed E-state index contributed by atoms with van der Waals surface area (Å²) in [6.07, 6.45) is 0. The molecule has 5 rings (SSSR count).